The molecular weight excluding hydrogens is 221 g/mol. The van der Waals surface area contributed by atoms with Crippen molar-refractivity contribution in [1.29, 1.82) is 0 Å². The lowest BCUT2D eigenvalue weighted by atomic mass is 10.1. The Bertz CT molecular complexity index is 297. The van der Waals surface area contributed by atoms with Crippen molar-refractivity contribution < 1.29 is 4.39 Å². The summed E-state index contributed by atoms with van der Waals surface area (Å²) in [6.45, 7) is 0. The Labute approximate surface area is 78.9 Å². The van der Waals surface area contributed by atoms with Gasteiger partial charge < -0.3 is 5.73 Å². The van der Waals surface area contributed by atoms with Gasteiger partial charge in [-0.05, 0) is 30.9 Å². The van der Waals surface area contributed by atoms with E-state index in [0.29, 0.717) is 11.6 Å². The van der Waals surface area contributed by atoms with E-state index < -0.39 is 0 Å². The van der Waals surface area contributed by atoms with Crippen LogP contribution in [0.5, 0.6) is 0 Å². The highest BCUT2D eigenvalue weighted by Crippen LogP contribution is 2.44. The molecule has 3 heteroatoms. The molecule has 1 aromatic rings. The van der Waals surface area contributed by atoms with Crippen LogP contribution in [0, 0.1) is 5.82 Å². The van der Waals surface area contributed by atoms with Gasteiger partial charge in [-0.2, -0.15) is 0 Å². The molecule has 0 radical (unpaired) electrons. The summed E-state index contributed by atoms with van der Waals surface area (Å²) < 4.78 is 14.1. The molecule has 0 heterocycles. The third kappa shape index (κ3) is 1.33. The molecule has 1 saturated carbocycles. The van der Waals surface area contributed by atoms with E-state index >= 15 is 0 Å². The summed E-state index contributed by atoms with van der Waals surface area (Å²) >= 11 is 3.32. The molecule has 0 spiro atoms. The van der Waals surface area contributed by atoms with E-state index in [1.165, 1.54) is 6.07 Å². The van der Waals surface area contributed by atoms with Gasteiger partial charge in [-0.3, -0.25) is 0 Å². The highest BCUT2D eigenvalue weighted by molar-refractivity contribution is 9.10. The standard InChI is InChI=1S/C9H9BrFN/c10-7-3-6(12)4-8(11)9(7)5-1-2-5/h3-5H,1-2,12H2. The minimum Gasteiger partial charge on any atom is -0.399 e. The molecule has 2 rings (SSSR count). The van der Waals surface area contributed by atoms with Crippen LogP contribution in [-0.4, -0.2) is 0 Å². The molecule has 1 fully saturated rings. The summed E-state index contributed by atoms with van der Waals surface area (Å²) in [7, 11) is 0. The molecule has 0 aliphatic heterocycles. The first-order chi connectivity index (χ1) is 5.68. The van der Waals surface area contributed by atoms with Gasteiger partial charge in [0.05, 0.1) is 0 Å². The number of benzene rings is 1. The largest absolute Gasteiger partial charge is 0.399 e. The van der Waals surface area contributed by atoms with Crippen LogP contribution < -0.4 is 5.73 Å². The number of rotatable bonds is 1. The van der Waals surface area contributed by atoms with Crippen LogP contribution in [-0.2, 0) is 0 Å². The van der Waals surface area contributed by atoms with Crippen LogP contribution in [0.25, 0.3) is 0 Å². The third-order valence-corrected chi connectivity index (χ3v) is 2.74. The monoisotopic (exact) mass is 229 g/mol. The van der Waals surface area contributed by atoms with Crippen molar-refractivity contribution in [2.24, 2.45) is 0 Å². The fourth-order valence-corrected chi connectivity index (χ4v) is 2.14. The normalized spacial score (nSPS) is 16.5. The second-order valence-corrected chi connectivity index (χ2v) is 4.03. The van der Waals surface area contributed by atoms with Crippen LogP contribution in [0.1, 0.15) is 24.3 Å². The fraction of sp³-hybridized carbons (Fsp3) is 0.333. The molecule has 0 unspecified atom stereocenters. The third-order valence-electron chi connectivity index (χ3n) is 2.09. The van der Waals surface area contributed by atoms with Gasteiger partial charge in [-0.1, -0.05) is 15.9 Å². The summed E-state index contributed by atoms with van der Waals surface area (Å²) in [5.74, 6) is 0.240. The molecule has 0 atom stereocenters. The van der Waals surface area contributed by atoms with Crippen molar-refractivity contribution in [2.45, 2.75) is 18.8 Å². The first-order valence-electron chi connectivity index (χ1n) is 3.93. The van der Waals surface area contributed by atoms with Crippen molar-refractivity contribution >= 4 is 21.6 Å². The maximum atomic E-state index is 13.3. The topological polar surface area (TPSA) is 26.0 Å². The number of nitrogen functional groups attached to an aromatic ring is 1. The summed E-state index contributed by atoms with van der Waals surface area (Å²) in [5.41, 5.74) is 6.75. The first kappa shape index (κ1) is 8.05. The fourth-order valence-electron chi connectivity index (χ4n) is 1.37. The van der Waals surface area contributed by atoms with Crippen LogP contribution in [0.2, 0.25) is 0 Å². The molecule has 1 aliphatic rings. The van der Waals surface area contributed by atoms with Gasteiger partial charge in [0.1, 0.15) is 5.82 Å². The van der Waals surface area contributed by atoms with Gasteiger partial charge in [0.25, 0.3) is 0 Å². The van der Waals surface area contributed by atoms with E-state index in [0.717, 1.165) is 22.9 Å². The van der Waals surface area contributed by atoms with E-state index in [1.54, 1.807) is 6.07 Å². The van der Waals surface area contributed by atoms with Crippen LogP contribution in [0.15, 0.2) is 16.6 Å². The van der Waals surface area contributed by atoms with Crippen molar-refractivity contribution in [3.8, 4) is 0 Å². The lowest BCUT2D eigenvalue weighted by Gasteiger charge is -2.04. The van der Waals surface area contributed by atoms with Gasteiger partial charge in [0.2, 0.25) is 0 Å². The molecule has 1 aliphatic carbocycles. The van der Waals surface area contributed by atoms with Crippen LogP contribution in [0.4, 0.5) is 10.1 Å². The average Bonchev–Trinajstić information content (AvgIpc) is 2.68. The first-order valence-corrected chi connectivity index (χ1v) is 4.72. The molecule has 64 valence electrons. The lowest BCUT2D eigenvalue weighted by molar-refractivity contribution is 0.610. The molecular formula is C9H9BrFN. The minimum atomic E-state index is -0.177. The Morgan fingerprint density at radius 3 is 2.58 bits per heavy atom. The maximum Gasteiger partial charge on any atom is 0.129 e. The molecule has 0 amide bonds. The Morgan fingerprint density at radius 1 is 1.42 bits per heavy atom. The van der Waals surface area contributed by atoms with E-state index in [4.69, 9.17) is 5.73 Å². The Morgan fingerprint density at radius 2 is 2.08 bits per heavy atom. The maximum absolute atomic E-state index is 13.3. The van der Waals surface area contributed by atoms with E-state index in [1.807, 2.05) is 0 Å². The van der Waals surface area contributed by atoms with Gasteiger partial charge in [0.15, 0.2) is 0 Å². The van der Waals surface area contributed by atoms with Crippen molar-refractivity contribution in [3.05, 3.63) is 28.0 Å². The smallest absolute Gasteiger partial charge is 0.129 e. The van der Waals surface area contributed by atoms with Gasteiger partial charge in [-0.15, -0.1) is 0 Å². The number of hydrogen-bond donors (Lipinski definition) is 1. The molecule has 0 aromatic heterocycles. The number of halogens is 2. The predicted molar refractivity (Wildman–Crippen MR) is 50.5 cm³/mol. The average molecular weight is 230 g/mol. The zero-order valence-electron chi connectivity index (χ0n) is 6.48. The van der Waals surface area contributed by atoms with Gasteiger partial charge >= 0.3 is 0 Å². The van der Waals surface area contributed by atoms with Crippen molar-refractivity contribution in [2.75, 3.05) is 5.73 Å². The molecule has 1 nitrogen and oxygen atoms in total. The van der Waals surface area contributed by atoms with Gasteiger partial charge in [-0.25, -0.2) is 4.39 Å². The summed E-state index contributed by atoms with van der Waals surface area (Å²) in [4.78, 5) is 0. The van der Waals surface area contributed by atoms with E-state index in [2.05, 4.69) is 15.9 Å². The Balaban J connectivity index is 2.51. The molecule has 0 bridgehead atoms. The molecule has 12 heavy (non-hydrogen) atoms. The van der Waals surface area contributed by atoms with Crippen LogP contribution in [0.3, 0.4) is 0 Å². The molecule has 2 N–H and O–H groups in total. The minimum absolute atomic E-state index is 0.177. The van der Waals surface area contributed by atoms with Gasteiger partial charge in [0, 0.05) is 15.7 Å². The molecule has 0 saturated heterocycles. The zero-order chi connectivity index (χ0) is 8.72. The highest BCUT2D eigenvalue weighted by Gasteiger charge is 2.28. The SMILES string of the molecule is Nc1cc(F)c(C2CC2)c(Br)c1. The summed E-state index contributed by atoms with van der Waals surface area (Å²) in [6.07, 6.45) is 2.19. The summed E-state index contributed by atoms with van der Waals surface area (Å²) in [5, 5.41) is 0. The second kappa shape index (κ2) is 2.73. The Hall–Kier alpha value is -0.570. The van der Waals surface area contributed by atoms with Crippen molar-refractivity contribution in [1.82, 2.24) is 0 Å². The number of nitrogens with two attached hydrogens (primary N) is 1. The predicted octanol–water partition coefficient (Wildman–Crippen LogP) is 3.05. The quantitative estimate of drug-likeness (QED) is 0.737. The van der Waals surface area contributed by atoms with Crippen molar-refractivity contribution in [3.63, 3.8) is 0 Å². The summed E-state index contributed by atoms with van der Waals surface area (Å²) in [6, 6.07) is 3.15. The van der Waals surface area contributed by atoms with E-state index in [9.17, 15) is 4.39 Å². The number of anilines is 1. The molecule has 1 aromatic carbocycles. The highest BCUT2D eigenvalue weighted by atomic mass is 79.9. The van der Waals surface area contributed by atoms with Crippen LogP contribution >= 0.6 is 15.9 Å². The zero-order valence-corrected chi connectivity index (χ0v) is 8.07. The lowest BCUT2D eigenvalue weighted by Crippen LogP contribution is -1.93. The second-order valence-electron chi connectivity index (χ2n) is 3.17. The Kier molecular flexibility index (Phi) is 1.83. The van der Waals surface area contributed by atoms with E-state index in [-0.39, 0.29) is 5.82 Å². The number of hydrogen-bond acceptors (Lipinski definition) is 1.